The van der Waals surface area contributed by atoms with E-state index in [0.717, 1.165) is 0 Å². The number of nitrogens with one attached hydrogen (secondary N) is 1. The quantitative estimate of drug-likeness (QED) is 0.595. The van der Waals surface area contributed by atoms with Gasteiger partial charge in [0.05, 0.1) is 5.39 Å². The molecule has 0 amide bonds. The molecular formula is C5H3N3OS. The highest BCUT2D eigenvalue weighted by Crippen LogP contribution is 2.09. The monoisotopic (exact) mass is 153 g/mol. The molecule has 0 saturated carbocycles. The number of thiophene rings is 1. The van der Waals surface area contributed by atoms with E-state index in [-0.39, 0.29) is 5.56 Å². The van der Waals surface area contributed by atoms with E-state index in [1.54, 1.807) is 10.8 Å². The van der Waals surface area contributed by atoms with E-state index >= 15 is 0 Å². The summed E-state index contributed by atoms with van der Waals surface area (Å²) < 4.78 is 0. The van der Waals surface area contributed by atoms with Gasteiger partial charge in [-0.1, -0.05) is 5.21 Å². The van der Waals surface area contributed by atoms with Crippen LogP contribution in [0.25, 0.3) is 10.9 Å². The Labute approximate surface area is 59.5 Å². The van der Waals surface area contributed by atoms with Gasteiger partial charge in [-0.3, -0.25) is 4.79 Å². The van der Waals surface area contributed by atoms with E-state index in [4.69, 9.17) is 0 Å². The lowest BCUT2D eigenvalue weighted by atomic mass is 10.4. The third kappa shape index (κ3) is 0.640. The molecule has 0 saturated heterocycles. The van der Waals surface area contributed by atoms with Crippen LogP contribution in [0.3, 0.4) is 0 Å². The van der Waals surface area contributed by atoms with Gasteiger partial charge in [-0.2, -0.15) is 0 Å². The number of hydrogen-bond acceptors (Lipinski definition) is 4. The molecule has 2 aromatic rings. The molecule has 0 fully saturated rings. The van der Waals surface area contributed by atoms with E-state index in [1.165, 1.54) is 11.3 Å². The molecule has 4 nitrogen and oxygen atoms in total. The van der Waals surface area contributed by atoms with Crippen molar-refractivity contribution in [2.45, 2.75) is 0 Å². The zero-order chi connectivity index (χ0) is 6.97. The summed E-state index contributed by atoms with van der Waals surface area (Å²) in [5.41, 5.74) is 0.486. The number of aromatic nitrogens is 3. The second kappa shape index (κ2) is 1.88. The van der Waals surface area contributed by atoms with Crippen molar-refractivity contribution in [1.29, 1.82) is 0 Å². The highest BCUT2D eigenvalue weighted by molar-refractivity contribution is 7.09. The van der Waals surface area contributed by atoms with Crippen LogP contribution in [-0.2, 0) is 0 Å². The van der Waals surface area contributed by atoms with Crippen LogP contribution in [-0.4, -0.2) is 15.4 Å². The molecular weight excluding hydrogens is 150 g/mol. The summed E-state index contributed by atoms with van der Waals surface area (Å²) in [4.78, 5) is 10.9. The van der Waals surface area contributed by atoms with Crippen LogP contribution in [0, 0.1) is 0 Å². The zero-order valence-corrected chi connectivity index (χ0v) is 5.68. The fourth-order valence-electron chi connectivity index (χ4n) is 0.722. The van der Waals surface area contributed by atoms with Gasteiger partial charge in [0, 0.05) is 10.8 Å². The summed E-state index contributed by atoms with van der Waals surface area (Å²) >= 11 is 1.44. The fraction of sp³-hybridized carbons (Fsp3) is 0. The first-order chi connectivity index (χ1) is 4.88. The average Bonchev–Trinajstić information content (AvgIpc) is 2.36. The first-order valence-corrected chi connectivity index (χ1v) is 3.59. The van der Waals surface area contributed by atoms with Crippen molar-refractivity contribution in [3.63, 3.8) is 0 Å². The average molecular weight is 153 g/mol. The lowest BCUT2D eigenvalue weighted by molar-refractivity contribution is 0.874. The summed E-state index contributed by atoms with van der Waals surface area (Å²) in [6.45, 7) is 0. The maximum atomic E-state index is 10.9. The van der Waals surface area contributed by atoms with Gasteiger partial charge in [0.25, 0.3) is 5.56 Å². The molecule has 0 unspecified atom stereocenters. The van der Waals surface area contributed by atoms with Crippen molar-refractivity contribution in [1.82, 2.24) is 15.4 Å². The van der Waals surface area contributed by atoms with Crippen LogP contribution in [0.1, 0.15) is 0 Å². The first kappa shape index (κ1) is 5.55. The Kier molecular flexibility index (Phi) is 1.04. The Morgan fingerprint density at radius 1 is 1.50 bits per heavy atom. The van der Waals surface area contributed by atoms with Crippen LogP contribution in [0.5, 0.6) is 0 Å². The molecule has 0 aliphatic rings. The molecule has 0 aromatic carbocycles. The van der Waals surface area contributed by atoms with Crippen molar-refractivity contribution in [3.8, 4) is 0 Å². The molecule has 0 atom stereocenters. The Hall–Kier alpha value is -1.23. The van der Waals surface area contributed by atoms with Gasteiger partial charge in [0.2, 0.25) is 0 Å². The van der Waals surface area contributed by atoms with Crippen molar-refractivity contribution < 1.29 is 0 Å². The molecule has 1 N–H and O–H groups in total. The van der Waals surface area contributed by atoms with Crippen LogP contribution >= 0.6 is 11.3 Å². The third-order valence-electron chi connectivity index (χ3n) is 1.20. The summed E-state index contributed by atoms with van der Waals surface area (Å²) in [6.07, 6.45) is 0. The highest BCUT2D eigenvalue weighted by Gasteiger charge is 1.97. The Morgan fingerprint density at radius 2 is 2.40 bits per heavy atom. The predicted octanol–water partition coefficient (Wildman–Crippen LogP) is 0.380. The van der Waals surface area contributed by atoms with Gasteiger partial charge in [-0.25, -0.2) is 5.10 Å². The normalized spacial score (nSPS) is 10.4. The standard InChI is InChI=1S/C5H3N3OS/c9-5-3-1-10-2-4(3)6-8-7-5/h1-2H,(H,6,7,9). The molecule has 10 heavy (non-hydrogen) atoms. The Balaban J connectivity index is 3.09. The lowest BCUT2D eigenvalue weighted by Gasteiger charge is -1.81. The SMILES string of the molecule is O=c1[nH]nnc2cscc12. The Morgan fingerprint density at radius 3 is 3.20 bits per heavy atom. The second-order valence-electron chi connectivity index (χ2n) is 1.81. The van der Waals surface area contributed by atoms with Gasteiger partial charge < -0.3 is 0 Å². The van der Waals surface area contributed by atoms with Crippen molar-refractivity contribution in [3.05, 3.63) is 21.1 Å². The topological polar surface area (TPSA) is 58.6 Å². The van der Waals surface area contributed by atoms with E-state index in [9.17, 15) is 4.79 Å². The van der Waals surface area contributed by atoms with Gasteiger partial charge in [-0.05, 0) is 0 Å². The summed E-state index contributed by atoms with van der Waals surface area (Å²) in [5, 5.41) is 13.5. The maximum Gasteiger partial charge on any atom is 0.275 e. The summed E-state index contributed by atoms with van der Waals surface area (Å²) in [7, 11) is 0. The van der Waals surface area contributed by atoms with Crippen molar-refractivity contribution in [2.24, 2.45) is 0 Å². The van der Waals surface area contributed by atoms with Crippen molar-refractivity contribution in [2.75, 3.05) is 0 Å². The summed E-state index contributed by atoms with van der Waals surface area (Å²) in [5.74, 6) is 0. The van der Waals surface area contributed by atoms with Gasteiger partial charge in [0.15, 0.2) is 0 Å². The molecule has 5 heteroatoms. The highest BCUT2D eigenvalue weighted by atomic mass is 32.1. The zero-order valence-electron chi connectivity index (χ0n) is 4.87. The maximum absolute atomic E-state index is 10.9. The van der Waals surface area contributed by atoms with E-state index < -0.39 is 0 Å². The molecule has 0 radical (unpaired) electrons. The molecule has 2 heterocycles. The number of rotatable bonds is 0. The van der Waals surface area contributed by atoms with Crippen molar-refractivity contribution >= 4 is 22.2 Å². The minimum Gasteiger partial charge on any atom is -0.267 e. The van der Waals surface area contributed by atoms with Gasteiger partial charge in [0.1, 0.15) is 5.52 Å². The largest absolute Gasteiger partial charge is 0.275 e. The summed E-state index contributed by atoms with van der Waals surface area (Å²) in [6, 6.07) is 0. The number of H-pyrrole nitrogens is 1. The van der Waals surface area contributed by atoms with Crippen LogP contribution in [0.15, 0.2) is 15.6 Å². The molecule has 2 aromatic heterocycles. The predicted molar refractivity (Wildman–Crippen MR) is 38.0 cm³/mol. The fourth-order valence-corrected chi connectivity index (χ4v) is 1.46. The van der Waals surface area contributed by atoms with Crippen LogP contribution in [0.4, 0.5) is 0 Å². The Bertz CT molecular complexity index is 404. The first-order valence-electron chi connectivity index (χ1n) is 2.65. The molecule has 50 valence electrons. The molecule has 0 bridgehead atoms. The van der Waals surface area contributed by atoms with E-state index in [1.807, 2.05) is 0 Å². The number of nitrogens with zero attached hydrogens (tertiary/aromatic N) is 2. The second-order valence-corrected chi connectivity index (χ2v) is 2.56. The van der Waals surface area contributed by atoms with E-state index in [2.05, 4.69) is 15.4 Å². The van der Waals surface area contributed by atoms with Gasteiger partial charge >= 0.3 is 0 Å². The molecule has 0 aliphatic heterocycles. The molecule has 2 rings (SSSR count). The van der Waals surface area contributed by atoms with E-state index in [0.29, 0.717) is 10.9 Å². The number of aromatic amines is 1. The number of hydrogen-bond donors (Lipinski definition) is 1. The van der Waals surface area contributed by atoms with Gasteiger partial charge in [-0.15, -0.1) is 16.4 Å². The minimum atomic E-state index is -0.175. The minimum absolute atomic E-state index is 0.175. The van der Waals surface area contributed by atoms with Crippen LogP contribution < -0.4 is 5.56 Å². The smallest absolute Gasteiger partial charge is 0.267 e. The number of fused-ring (bicyclic) bond motifs is 1. The molecule has 0 spiro atoms. The third-order valence-corrected chi connectivity index (χ3v) is 1.93. The molecule has 0 aliphatic carbocycles. The van der Waals surface area contributed by atoms with Crippen LogP contribution in [0.2, 0.25) is 0 Å². The lowest BCUT2D eigenvalue weighted by Crippen LogP contribution is -2.07.